The van der Waals surface area contributed by atoms with Crippen molar-refractivity contribution in [2.75, 3.05) is 24.4 Å². The molecular weight excluding hydrogens is 222 g/mol. The number of anilines is 2. The van der Waals surface area contributed by atoms with Crippen molar-refractivity contribution in [2.24, 2.45) is 5.84 Å². The van der Waals surface area contributed by atoms with E-state index in [2.05, 4.69) is 25.4 Å². The van der Waals surface area contributed by atoms with Crippen LogP contribution in [0.5, 0.6) is 0 Å². The average Bonchev–Trinajstić information content (AvgIpc) is 2.35. The monoisotopic (exact) mass is 239 g/mol. The van der Waals surface area contributed by atoms with Gasteiger partial charge in [0.15, 0.2) is 0 Å². The zero-order valence-corrected chi connectivity index (χ0v) is 10.2. The maximum absolute atomic E-state index is 11.0. The number of aromatic nitrogens is 2. The highest BCUT2D eigenvalue weighted by molar-refractivity contribution is 5.74. The van der Waals surface area contributed by atoms with E-state index in [0.29, 0.717) is 17.5 Å². The second kappa shape index (κ2) is 6.00. The third-order valence-electron chi connectivity index (χ3n) is 2.05. The van der Waals surface area contributed by atoms with Crippen molar-refractivity contribution >= 4 is 17.6 Å². The van der Waals surface area contributed by atoms with Gasteiger partial charge in [0, 0.05) is 12.0 Å². The lowest BCUT2D eigenvalue weighted by molar-refractivity contribution is -0.138. The Bertz CT molecular complexity index is 394. The number of nitrogen functional groups attached to an aromatic ring is 1. The Morgan fingerprint density at radius 2 is 2.12 bits per heavy atom. The second-order valence-corrected chi connectivity index (χ2v) is 3.73. The predicted molar refractivity (Wildman–Crippen MR) is 64.4 cm³/mol. The van der Waals surface area contributed by atoms with E-state index >= 15 is 0 Å². The molecule has 0 bridgehead atoms. The van der Waals surface area contributed by atoms with Crippen LogP contribution in [0, 0.1) is 0 Å². The number of rotatable bonds is 5. The molecule has 0 spiro atoms. The smallest absolute Gasteiger partial charge is 0.325 e. The maximum atomic E-state index is 11.0. The molecule has 0 amide bonds. The second-order valence-electron chi connectivity index (χ2n) is 3.73. The molecule has 4 N–H and O–H groups in total. The van der Waals surface area contributed by atoms with Crippen LogP contribution in [0.4, 0.5) is 11.6 Å². The van der Waals surface area contributed by atoms with Crippen molar-refractivity contribution in [1.29, 1.82) is 0 Å². The summed E-state index contributed by atoms with van der Waals surface area (Å²) in [5.74, 6) is 6.79. The minimum absolute atomic E-state index is 0.0507. The standard InChI is InChI=1S/C10H17N5O2/c1-6(2)10-13-7(4-8(14-10)15-11)12-5-9(16)17-3/h4,6H,5,11H2,1-3H3,(H2,12,13,14,15). The van der Waals surface area contributed by atoms with E-state index in [9.17, 15) is 4.79 Å². The van der Waals surface area contributed by atoms with Crippen molar-refractivity contribution in [3.63, 3.8) is 0 Å². The van der Waals surface area contributed by atoms with E-state index in [4.69, 9.17) is 5.84 Å². The van der Waals surface area contributed by atoms with Gasteiger partial charge >= 0.3 is 5.97 Å². The first-order chi connectivity index (χ1) is 8.06. The summed E-state index contributed by atoms with van der Waals surface area (Å²) < 4.78 is 4.52. The largest absolute Gasteiger partial charge is 0.468 e. The molecule has 94 valence electrons. The fourth-order valence-electron chi connectivity index (χ4n) is 1.12. The van der Waals surface area contributed by atoms with Crippen molar-refractivity contribution in [3.05, 3.63) is 11.9 Å². The summed E-state index contributed by atoms with van der Waals surface area (Å²) in [5.41, 5.74) is 2.46. The summed E-state index contributed by atoms with van der Waals surface area (Å²) in [6.45, 7) is 3.99. The van der Waals surface area contributed by atoms with Gasteiger partial charge in [-0.25, -0.2) is 15.8 Å². The van der Waals surface area contributed by atoms with Gasteiger partial charge in [0.2, 0.25) is 0 Å². The van der Waals surface area contributed by atoms with E-state index in [1.165, 1.54) is 7.11 Å². The number of carbonyl (C=O) groups excluding carboxylic acids is 1. The Kier molecular flexibility index (Phi) is 4.65. The van der Waals surface area contributed by atoms with E-state index < -0.39 is 0 Å². The molecule has 1 aromatic heterocycles. The quantitative estimate of drug-likeness (QED) is 0.390. The third-order valence-corrected chi connectivity index (χ3v) is 2.05. The molecule has 0 atom stereocenters. The Labute approximate surface area is 99.7 Å². The highest BCUT2D eigenvalue weighted by atomic mass is 16.5. The summed E-state index contributed by atoms with van der Waals surface area (Å²) in [7, 11) is 1.33. The minimum Gasteiger partial charge on any atom is -0.468 e. The Morgan fingerprint density at radius 3 is 2.65 bits per heavy atom. The minimum atomic E-state index is -0.364. The number of nitrogens with one attached hydrogen (secondary N) is 2. The molecular formula is C10H17N5O2. The number of hydrogen-bond donors (Lipinski definition) is 3. The zero-order valence-electron chi connectivity index (χ0n) is 10.2. The van der Waals surface area contributed by atoms with Gasteiger partial charge in [-0.3, -0.25) is 4.79 Å². The first-order valence-corrected chi connectivity index (χ1v) is 5.23. The van der Waals surface area contributed by atoms with Gasteiger partial charge in [-0.2, -0.15) is 0 Å². The molecule has 0 fully saturated rings. The Morgan fingerprint density at radius 1 is 1.47 bits per heavy atom. The SMILES string of the molecule is COC(=O)CNc1cc(NN)nc(C(C)C)n1. The maximum Gasteiger partial charge on any atom is 0.325 e. The number of nitrogens with two attached hydrogens (primary N) is 1. The van der Waals surface area contributed by atoms with Crippen molar-refractivity contribution in [3.8, 4) is 0 Å². The normalized spacial score (nSPS) is 10.2. The van der Waals surface area contributed by atoms with Crippen LogP contribution in [0.3, 0.4) is 0 Å². The van der Waals surface area contributed by atoms with Crippen LogP contribution in [0.2, 0.25) is 0 Å². The van der Waals surface area contributed by atoms with Crippen LogP contribution < -0.4 is 16.6 Å². The molecule has 0 aromatic carbocycles. The number of carbonyl (C=O) groups is 1. The van der Waals surface area contributed by atoms with Gasteiger partial charge < -0.3 is 15.5 Å². The molecule has 1 rings (SSSR count). The Balaban J connectivity index is 2.83. The molecule has 1 heterocycles. The highest BCUT2D eigenvalue weighted by Crippen LogP contribution is 2.16. The topological polar surface area (TPSA) is 102 Å². The zero-order chi connectivity index (χ0) is 12.8. The molecule has 7 heteroatoms. The Hall–Kier alpha value is -1.89. The number of esters is 1. The number of hydrazine groups is 1. The lowest BCUT2D eigenvalue weighted by atomic mass is 10.2. The van der Waals surface area contributed by atoms with E-state index in [1.54, 1.807) is 6.07 Å². The lowest BCUT2D eigenvalue weighted by Gasteiger charge is -2.10. The molecule has 0 unspecified atom stereocenters. The lowest BCUT2D eigenvalue weighted by Crippen LogP contribution is -2.17. The number of hydrogen-bond acceptors (Lipinski definition) is 7. The van der Waals surface area contributed by atoms with Gasteiger partial charge in [-0.05, 0) is 0 Å². The molecule has 17 heavy (non-hydrogen) atoms. The van der Waals surface area contributed by atoms with E-state index in [0.717, 1.165) is 0 Å². The third kappa shape index (κ3) is 3.87. The average molecular weight is 239 g/mol. The fourth-order valence-corrected chi connectivity index (χ4v) is 1.12. The van der Waals surface area contributed by atoms with Gasteiger partial charge in [-0.1, -0.05) is 13.8 Å². The molecule has 0 radical (unpaired) electrons. The first-order valence-electron chi connectivity index (χ1n) is 5.23. The van der Waals surface area contributed by atoms with Crippen molar-refractivity contribution in [2.45, 2.75) is 19.8 Å². The summed E-state index contributed by atoms with van der Waals surface area (Å²) >= 11 is 0. The summed E-state index contributed by atoms with van der Waals surface area (Å²) in [5, 5.41) is 2.84. The van der Waals surface area contributed by atoms with E-state index in [1.807, 2.05) is 13.8 Å². The molecule has 7 nitrogen and oxygen atoms in total. The fraction of sp³-hybridized carbons (Fsp3) is 0.500. The number of methoxy groups -OCH3 is 1. The first kappa shape index (κ1) is 13.2. The van der Waals surface area contributed by atoms with E-state index in [-0.39, 0.29) is 18.4 Å². The molecule has 0 saturated carbocycles. The molecule has 0 saturated heterocycles. The summed E-state index contributed by atoms with van der Waals surface area (Å²) in [6.07, 6.45) is 0. The van der Waals surface area contributed by atoms with Crippen LogP contribution in [0.15, 0.2) is 6.07 Å². The van der Waals surface area contributed by atoms with Crippen LogP contribution in [-0.4, -0.2) is 29.6 Å². The molecule has 0 aliphatic carbocycles. The number of nitrogens with zero attached hydrogens (tertiary/aromatic N) is 2. The number of ether oxygens (including phenoxy) is 1. The van der Waals surface area contributed by atoms with Crippen molar-refractivity contribution in [1.82, 2.24) is 9.97 Å². The van der Waals surface area contributed by atoms with Crippen LogP contribution in [-0.2, 0) is 9.53 Å². The van der Waals surface area contributed by atoms with Crippen LogP contribution in [0.25, 0.3) is 0 Å². The predicted octanol–water partition coefficient (Wildman–Crippen LogP) is 0.470. The molecule has 0 aliphatic heterocycles. The molecule has 0 aliphatic rings. The summed E-state index contributed by atoms with van der Waals surface area (Å²) in [4.78, 5) is 19.4. The molecule has 1 aromatic rings. The van der Waals surface area contributed by atoms with Gasteiger partial charge in [0.1, 0.15) is 24.0 Å². The summed E-state index contributed by atoms with van der Waals surface area (Å²) in [6, 6.07) is 1.62. The van der Waals surface area contributed by atoms with Gasteiger partial charge in [0.05, 0.1) is 7.11 Å². The van der Waals surface area contributed by atoms with Gasteiger partial charge in [-0.15, -0.1) is 0 Å². The van der Waals surface area contributed by atoms with Gasteiger partial charge in [0.25, 0.3) is 0 Å². The van der Waals surface area contributed by atoms with Crippen molar-refractivity contribution < 1.29 is 9.53 Å². The van der Waals surface area contributed by atoms with Crippen LogP contribution >= 0.6 is 0 Å². The van der Waals surface area contributed by atoms with Crippen LogP contribution in [0.1, 0.15) is 25.6 Å². The highest BCUT2D eigenvalue weighted by Gasteiger charge is 2.08.